The van der Waals surface area contributed by atoms with Gasteiger partial charge in [-0.3, -0.25) is 19.8 Å². The van der Waals surface area contributed by atoms with Crippen LogP contribution < -0.4 is 15.7 Å². The fraction of sp³-hybridized carbons (Fsp3) is 0.150. The lowest BCUT2D eigenvalue weighted by Crippen LogP contribution is -2.18. The number of alkyl halides is 3. The van der Waals surface area contributed by atoms with Crippen LogP contribution >= 0.6 is 0 Å². The standard InChI is InChI=1S/C20H17F3N4O3/c1-27(2)16-8-12(6-14(9-16)20(21,22)23)18(28)25-15-3-4-17-11(7-15)5-13(10-24-17)19(29)26-30/h3-10,30H,1-2H3,(H,25,28)(H,26,29). The number of fused-ring (bicyclic) bond motifs is 1. The van der Waals surface area contributed by atoms with E-state index in [1.807, 2.05) is 0 Å². The molecule has 0 spiro atoms. The Balaban J connectivity index is 1.94. The van der Waals surface area contributed by atoms with Gasteiger partial charge in [0.1, 0.15) is 0 Å². The van der Waals surface area contributed by atoms with Gasteiger partial charge >= 0.3 is 6.18 Å². The van der Waals surface area contributed by atoms with Crippen molar-refractivity contribution in [2.75, 3.05) is 24.3 Å². The molecule has 0 unspecified atom stereocenters. The molecule has 156 valence electrons. The minimum atomic E-state index is -4.60. The first-order valence-electron chi connectivity index (χ1n) is 8.63. The van der Waals surface area contributed by atoms with Gasteiger partial charge in [0.05, 0.1) is 16.6 Å². The van der Waals surface area contributed by atoms with E-state index >= 15 is 0 Å². The molecule has 0 saturated carbocycles. The van der Waals surface area contributed by atoms with Gasteiger partial charge in [0.15, 0.2) is 0 Å². The van der Waals surface area contributed by atoms with Crippen LogP contribution in [-0.4, -0.2) is 36.1 Å². The highest BCUT2D eigenvalue weighted by molar-refractivity contribution is 6.06. The van der Waals surface area contributed by atoms with E-state index in [2.05, 4.69) is 10.3 Å². The Bertz CT molecular complexity index is 1130. The normalized spacial score (nSPS) is 11.3. The van der Waals surface area contributed by atoms with Crippen molar-refractivity contribution in [3.63, 3.8) is 0 Å². The van der Waals surface area contributed by atoms with E-state index in [9.17, 15) is 22.8 Å². The highest BCUT2D eigenvalue weighted by atomic mass is 19.4. The van der Waals surface area contributed by atoms with Crippen molar-refractivity contribution < 1.29 is 28.0 Å². The summed E-state index contributed by atoms with van der Waals surface area (Å²) in [5.74, 6) is -1.47. The number of benzene rings is 2. The van der Waals surface area contributed by atoms with Crippen LogP contribution in [0.4, 0.5) is 24.5 Å². The van der Waals surface area contributed by atoms with Crippen molar-refractivity contribution in [3.8, 4) is 0 Å². The van der Waals surface area contributed by atoms with Crippen LogP contribution in [0.5, 0.6) is 0 Å². The molecule has 0 aliphatic carbocycles. The zero-order valence-electron chi connectivity index (χ0n) is 15.9. The zero-order valence-corrected chi connectivity index (χ0v) is 15.9. The summed E-state index contributed by atoms with van der Waals surface area (Å²) in [4.78, 5) is 29.7. The van der Waals surface area contributed by atoms with Gasteiger partial charge in [-0.25, -0.2) is 5.48 Å². The number of hydrogen-bond donors (Lipinski definition) is 3. The second-order valence-corrected chi connectivity index (χ2v) is 6.69. The van der Waals surface area contributed by atoms with Gasteiger partial charge in [0.25, 0.3) is 11.8 Å². The topological polar surface area (TPSA) is 94.6 Å². The Hall–Kier alpha value is -3.66. The van der Waals surface area contributed by atoms with Gasteiger partial charge in [-0.2, -0.15) is 13.2 Å². The number of carbonyl (C=O) groups excluding carboxylic acids is 2. The third-order valence-corrected chi connectivity index (χ3v) is 4.33. The summed E-state index contributed by atoms with van der Waals surface area (Å²) in [7, 11) is 3.15. The third kappa shape index (κ3) is 4.49. The molecule has 1 heterocycles. The predicted molar refractivity (Wildman–Crippen MR) is 105 cm³/mol. The molecular formula is C20H17F3N4O3. The third-order valence-electron chi connectivity index (χ3n) is 4.33. The molecule has 7 nitrogen and oxygen atoms in total. The van der Waals surface area contributed by atoms with Crippen molar-refractivity contribution in [1.82, 2.24) is 10.5 Å². The number of pyridine rings is 1. The molecule has 0 aliphatic rings. The molecule has 2 aromatic carbocycles. The molecule has 0 aliphatic heterocycles. The van der Waals surface area contributed by atoms with Crippen LogP contribution in [0.15, 0.2) is 48.7 Å². The summed E-state index contributed by atoms with van der Waals surface area (Å²) in [5.41, 5.74) is 1.58. The van der Waals surface area contributed by atoms with E-state index in [-0.39, 0.29) is 16.8 Å². The molecule has 0 bridgehead atoms. The molecule has 2 amide bonds. The molecule has 0 radical (unpaired) electrons. The van der Waals surface area contributed by atoms with Crippen molar-refractivity contribution in [2.45, 2.75) is 6.18 Å². The number of rotatable bonds is 4. The van der Waals surface area contributed by atoms with E-state index in [1.165, 1.54) is 34.8 Å². The summed E-state index contributed by atoms with van der Waals surface area (Å²) in [6, 6.07) is 9.22. The Morgan fingerprint density at radius 2 is 1.73 bits per heavy atom. The monoisotopic (exact) mass is 418 g/mol. The fourth-order valence-electron chi connectivity index (χ4n) is 2.77. The Kier molecular flexibility index (Phi) is 5.61. The smallest absolute Gasteiger partial charge is 0.378 e. The number of hydroxylamine groups is 1. The number of halogens is 3. The number of aromatic nitrogens is 1. The van der Waals surface area contributed by atoms with Gasteiger partial charge < -0.3 is 10.2 Å². The van der Waals surface area contributed by atoms with E-state index in [0.717, 1.165) is 12.1 Å². The van der Waals surface area contributed by atoms with E-state index in [0.29, 0.717) is 16.6 Å². The average Bonchev–Trinajstić information content (AvgIpc) is 2.71. The molecular weight excluding hydrogens is 401 g/mol. The van der Waals surface area contributed by atoms with Crippen molar-refractivity contribution in [2.24, 2.45) is 0 Å². The molecule has 10 heteroatoms. The van der Waals surface area contributed by atoms with Crippen LogP contribution in [0.25, 0.3) is 10.9 Å². The summed E-state index contributed by atoms with van der Waals surface area (Å²) in [5, 5.41) is 11.8. The van der Waals surface area contributed by atoms with Gasteiger partial charge in [-0.1, -0.05) is 0 Å². The molecule has 3 N–H and O–H groups in total. The quantitative estimate of drug-likeness (QED) is 0.444. The second kappa shape index (κ2) is 7.99. The van der Waals surface area contributed by atoms with Crippen LogP contribution in [0.1, 0.15) is 26.3 Å². The van der Waals surface area contributed by atoms with Gasteiger partial charge in [-0.15, -0.1) is 0 Å². The number of nitrogens with one attached hydrogen (secondary N) is 2. The summed E-state index contributed by atoms with van der Waals surface area (Å²) in [6.07, 6.45) is -3.32. The number of anilines is 2. The van der Waals surface area contributed by atoms with Crippen LogP contribution in [0.2, 0.25) is 0 Å². The van der Waals surface area contributed by atoms with Crippen molar-refractivity contribution in [1.29, 1.82) is 0 Å². The largest absolute Gasteiger partial charge is 0.416 e. The van der Waals surface area contributed by atoms with Gasteiger partial charge in [0, 0.05) is 42.6 Å². The lowest BCUT2D eigenvalue weighted by atomic mass is 10.1. The highest BCUT2D eigenvalue weighted by Gasteiger charge is 2.32. The summed E-state index contributed by atoms with van der Waals surface area (Å²) < 4.78 is 39.6. The van der Waals surface area contributed by atoms with Crippen LogP contribution in [0, 0.1) is 0 Å². The molecule has 30 heavy (non-hydrogen) atoms. The maximum Gasteiger partial charge on any atom is 0.416 e. The lowest BCUT2D eigenvalue weighted by Gasteiger charge is -2.17. The second-order valence-electron chi connectivity index (χ2n) is 6.69. The minimum Gasteiger partial charge on any atom is -0.378 e. The first-order chi connectivity index (χ1) is 14.1. The first kappa shape index (κ1) is 21.1. The molecule has 3 aromatic rings. The summed E-state index contributed by atoms with van der Waals surface area (Å²) in [6.45, 7) is 0. The fourth-order valence-corrected chi connectivity index (χ4v) is 2.77. The molecule has 1 aromatic heterocycles. The average molecular weight is 418 g/mol. The highest BCUT2D eigenvalue weighted by Crippen LogP contribution is 2.33. The predicted octanol–water partition coefficient (Wildman–Crippen LogP) is 3.69. The first-order valence-corrected chi connectivity index (χ1v) is 8.63. The molecule has 0 fully saturated rings. The van der Waals surface area contributed by atoms with E-state index < -0.39 is 23.6 Å². The van der Waals surface area contributed by atoms with Gasteiger partial charge in [-0.05, 0) is 42.5 Å². The minimum absolute atomic E-state index is 0.0991. The molecule has 0 atom stereocenters. The number of carbonyl (C=O) groups is 2. The Morgan fingerprint density at radius 3 is 2.37 bits per heavy atom. The summed E-state index contributed by atoms with van der Waals surface area (Å²) >= 11 is 0. The number of hydrogen-bond acceptors (Lipinski definition) is 5. The lowest BCUT2D eigenvalue weighted by molar-refractivity contribution is -0.137. The number of nitrogens with zero attached hydrogens (tertiary/aromatic N) is 2. The molecule has 3 rings (SSSR count). The van der Waals surface area contributed by atoms with Gasteiger partial charge in [0.2, 0.25) is 0 Å². The zero-order chi connectivity index (χ0) is 22.1. The maximum atomic E-state index is 13.2. The van der Waals surface area contributed by atoms with Crippen LogP contribution in [0.3, 0.4) is 0 Å². The Labute approximate surface area is 169 Å². The van der Waals surface area contributed by atoms with Crippen LogP contribution in [-0.2, 0) is 6.18 Å². The van der Waals surface area contributed by atoms with Crippen molar-refractivity contribution >= 4 is 34.1 Å². The maximum absolute atomic E-state index is 13.2. The molecule has 0 saturated heterocycles. The SMILES string of the molecule is CN(C)c1cc(C(=O)Nc2ccc3ncc(C(=O)NO)cc3c2)cc(C(F)(F)F)c1. The van der Waals surface area contributed by atoms with E-state index in [1.54, 1.807) is 26.2 Å². The van der Waals surface area contributed by atoms with Crippen molar-refractivity contribution in [3.05, 3.63) is 65.4 Å². The number of amides is 2. The Morgan fingerprint density at radius 1 is 1.00 bits per heavy atom. The van der Waals surface area contributed by atoms with E-state index in [4.69, 9.17) is 5.21 Å².